The van der Waals surface area contributed by atoms with Crippen LogP contribution in [0.25, 0.3) is 0 Å². The fourth-order valence-electron chi connectivity index (χ4n) is 2.61. The Kier molecular flexibility index (Phi) is 10.1. The average molecular weight is 601 g/mol. The third kappa shape index (κ3) is 8.60. The Hall–Kier alpha value is -2.17. The van der Waals surface area contributed by atoms with Crippen molar-refractivity contribution in [3.63, 3.8) is 0 Å². The number of nitrogens with one attached hydrogen (secondary N) is 3. The maximum atomic E-state index is 12.6. The summed E-state index contributed by atoms with van der Waals surface area (Å²) in [7, 11) is 0. The number of rotatable bonds is 7. The molecule has 2 rings (SSSR count). The third-order valence-electron chi connectivity index (χ3n) is 4.35. The molecule has 0 aromatic heterocycles. The number of halogens is 2. The summed E-state index contributed by atoms with van der Waals surface area (Å²) in [6.07, 6.45) is 0.808. The number of hydrogen-bond donors (Lipinski definition) is 3. The standard InChI is InChI=1S/C23H27Br2N3O4S/c1-5-10-31-18-9-7-15(24)12-16(18)21(30)26-22(33)28-27-20(29)13-32-19-8-6-14(11-17(19)25)23(2,3)4/h6-9,11-12H,5,10,13H2,1-4H3,(H,27,29)(H2,26,28,30,33). The molecule has 0 fully saturated rings. The van der Waals surface area contributed by atoms with Crippen LogP contribution in [0.4, 0.5) is 0 Å². The molecule has 0 heterocycles. The summed E-state index contributed by atoms with van der Waals surface area (Å²) in [6.45, 7) is 8.57. The van der Waals surface area contributed by atoms with Crippen molar-refractivity contribution in [3.05, 3.63) is 56.5 Å². The summed E-state index contributed by atoms with van der Waals surface area (Å²) in [4.78, 5) is 24.7. The monoisotopic (exact) mass is 599 g/mol. The van der Waals surface area contributed by atoms with Gasteiger partial charge in [0.05, 0.1) is 16.6 Å². The minimum Gasteiger partial charge on any atom is -0.493 e. The lowest BCUT2D eigenvalue weighted by Crippen LogP contribution is -2.49. The van der Waals surface area contributed by atoms with E-state index >= 15 is 0 Å². The van der Waals surface area contributed by atoms with Gasteiger partial charge >= 0.3 is 0 Å². The zero-order valence-corrected chi connectivity index (χ0v) is 22.9. The quantitative estimate of drug-likeness (QED) is 0.306. The van der Waals surface area contributed by atoms with Gasteiger partial charge in [-0.2, -0.15) is 0 Å². The summed E-state index contributed by atoms with van der Waals surface area (Å²) in [5.74, 6) is 0.0604. The molecule has 0 saturated heterocycles. The molecule has 33 heavy (non-hydrogen) atoms. The van der Waals surface area contributed by atoms with Crippen molar-refractivity contribution in [1.82, 2.24) is 16.2 Å². The van der Waals surface area contributed by atoms with Gasteiger partial charge in [0.2, 0.25) is 0 Å². The molecule has 0 unspecified atom stereocenters. The summed E-state index contributed by atoms with van der Waals surface area (Å²) >= 11 is 11.9. The number of carbonyl (C=O) groups excluding carboxylic acids is 2. The molecule has 0 radical (unpaired) electrons. The molecular formula is C23H27Br2N3O4S. The molecule has 0 atom stereocenters. The van der Waals surface area contributed by atoms with Crippen molar-refractivity contribution >= 4 is 61.0 Å². The first-order valence-corrected chi connectivity index (χ1v) is 12.3. The van der Waals surface area contributed by atoms with Crippen LogP contribution in [-0.2, 0) is 10.2 Å². The first-order valence-electron chi connectivity index (χ1n) is 10.3. The molecule has 0 bridgehead atoms. The molecule has 2 aromatic carbocycles. The molecule has 3 N–H and O–H groups in total. The normalized spacial score (nSPS) is 10.8. The Morgan fingerprint density at radius 2 is 1.70 bits per heavy atom. The van der Waals surface area contributed by atoms with Crippen LogP contribution in [0.5, 0.6) is 11.5 Å². The van der Waals surface area contributed by atoms with Crippen molar-refractivity contribution in [2.75, 3.05) is 13.2 Å². The molecule has 0 aliphatic heterocycles. The van der Waals surface area contributed by atoms with Gasteiger partial charge in [-0.15, -0.1) is 0 Å². The second kappa shape index (κ2) is 12.3. The van der Waals surface area contributed by atoms with Crippen LogP contribution >= 0.6 is 44.1 Å². The Labute approximate surface area is 216 Å². The van der Waals surface area contributed by atoms with E-state index in [2.05, 4.69) is 68.8 Å². The lowest BCUT2D eigenvalue weighted by atomic mass is 9.87. The van der Waals surface area contributed by atoms with E-state index in [1.54, 1.807) is 18.2 Å². The number of benzene rings is 2. The maximum absolute atomic E-state index is 12.6. The summed E-state index contributed by atoms with van der Waals surface area (Å²) in [6, 6.07) is 10.9. The number of hydrazine groups is 1. The summed E-state index contributed by atoms with van der Waals surface area (Å²) in [5, 5.41) is 2.45. The van der Waals surface area contributed by atoms with Gasteiger partial charge < -0.3 is 9.47 Å². The molecular weight excluding hydrogens is 574 g/mol. The zero-order valence-electron chi connectivity index (χ0n) is 18.9. The van der Waals surface area contributed by atoms with E-state index in [9.17, 15) is 9.59 Å². The second-order valence-corrected chi connectivity index (χ2v) is 10.3. The van der Waals surface area contributed by atoms with Crippen molar-refractivity contribution in [2.24, 2.45) is 0 Å². The third-order valence-corrected chi connectivity index (χ3v) is 5.66. The van der Waals surface area contributed by atoms with E-state index in [0.29, 0.717) is 23.7 Å². The maximum Gasteiger partial charge on any atom is 0.276 e. The van der Waals surface area contributed by atoms with Crippen molar-refractivity contribution < 1.29 is 19.1 Å². The van der Waals surface area contributed by atoms with Crippen LogP contribution in [0.1, 0.15) is 50.0 Å². The van der Waals surface area contributed by atoms with Crippen LogP contribution in [0.15, 0.2) is 45.3 Å². The topological polar surface area (TPSA) is 88.7 Å². The molecule has 0 spiro atoms. The Morgan fingerprint density at radius 1 is 1.00 bits per heavy atom. The van der Waals surface area contributed by atoms with Crippen molar-refractivity contribution in [1.29, 1.82) is 0 Å². The smallest absolute Gasteiger partial charge is 0.276 e. The SMILES string of the molecule is CCCOc1ccc(Br)cc1C(=O)NC(=S)NNC(=O)COc1ccc(C(C)(C)C)cc1Br. The molecule has 7 nitrogen and oxygen atoms in total. The first-order chi connectivity index (χ1) is 15.5. The van der Waals surface area contributed by atoms with E-state index in [1.807, 2.05) is 25.1 Å². The van der Waals surface area contributed by atoms with Crippen LogP contribution in [0.3, 0.4) is 0 Å². The van der Waals surface area contributed by atoms with Gasteiger partial charge in [-0.1, -0.05) is 49.7 Å². The highest BCUT2D eigenvalue weighted by Gasteiger charge is 2.17. The minimum atomic E-state index is -0.465. The van der Waals surface area contributed by atoms with Crippen LogP contribution < -0.4 is 25.6 Å². The number of ether oxygens (including phenoxy) is 2. The number of amides is 2. The molecule has 0 aliphatic rings. The lowest BCUT2D eigenvalue weighted by molar-refractivity contribution is -0.123. The fourth-order valence-corrected chi connectivity index (χ4v) is 3.61. The predicted molar refractivity (Wildman–Crippen MR) is 140 cm³/mol. The van der Waals surface area contributed by atoms with E-state index in [-0.39, 0.29) is 17.1 Å². The van der Waals surface area contributed by atoms with Gasteiger partial charge in [0.15, 0.2) is 11.7 Å². The Morgan fingerprint density at radius 3 is 2.33 bits per heavy atom. The van der Waals surface area contributed by atoms with Gasteiger partial charge in [-0.25, -0.2) is 0 Å². The van der Waals surface area contributed by atoms with Gasteiger partial charge in [0.25, 0.3) is 11.8 Å². The molecule has 10 heteroatoms. The van der Waals surface area contributed by atoms with E-state index in [4.69, 9.17) is 21.7 Å². The average Bonchev–Trinajstić information content (AvgIpc) is 2.75. The lowest BCUT2D eigenvalue weighted by Gasteiger charge is -2.20. The minimum absolute atomic E-state index is 0.00119. The van der Waals surface area contributed by atoms with Gasteiger partial charge in [0, 0.05) is 4.47 Å². The summed E-state index contributed by atoms with van der Waals surface area (Å²) in [5.41, 5.74) is 6.36. The van der Waals surface area contributed by atoms with Crippen LogP contribution in [-0.4, -0.2) is 30.1 Å². The van der Waals surface area contributed by atoms with Crippen LogP contribution in [0.2, 0.25) is 0 Å². The number of carbonyl (C=O) groups is 2. The van der Waals surface area contributed by atoms with E-state index < -0.39 is 11.8 Å². The van der Waals surface area contributed by atoms with Gasteiger partial charge in [-0.05, 0) is 75.9 Å². The van der Waals surface area contributed by atoms with Crippen LogP contribution in [0, 0.1) is 0 Å². The second-order valence-electron chi connectivity index (χ2n) is 8.13. The highest BCUT2D eigenvalue weighted by atomic mass is 79.9. The number of thiocarbonyl (C=S) groups is 1. The van der Waals surface area contributed by atoms with Crippen molar-refractivity contribution in [3.8, 4) is 11.5 Å². The molecule has 2 aromatic rings. The van der Waals surface area contributed by atoms with Crippen molar-refractivity contribution in [2.45, 2.75) is 39.5 Å². The Balaban J connectivity index is 1.86. The first kappa shape index (κ1) is 27.1. The van der Waals surface area contributed by atoms with Gasteiger partial charge in [-0.3, -0.25) is 25.8 Å². The predicted octanol–water partition coefficient (Wildman–Crippen LogP) is 5.01. The largest absolute Gasteiger partial charge is 0.493 e. The fraction of sp³-hybridized carbons (Fsp3) is 0.348. The highest BCUT2D eigenvalue weighted by Crippen LogP contribution is 2.31. The molecule has 2 amide bonds. The van der Waals surface area contributed by atoms with E-state index in [1.165, 1.54) is 0 Å². The van der Waals surface area contributed by atoms with Gasteiger partial charge in [0.1, 0.15) is 11.5 Å². The molecule has 0 saturated carbocycles. The molecule has 0 aliphatic carbocycles. The molecule has 178 valence electrons. The number of hydrogen-bond acceptors (Lipinski definition) is 5. The highest BCUT2D eigenvalue weighted by molar-refractivity contribution is 9.10. The Bertz CT molecular complexity index is 1030. The zero-order chi connectivity index (χ0) is 24.6. The van der Waals surface area contributed by atoms with E-state index in [0.717, 1.165) is 20.9 Å². The summed E-state index contributed by atoms with van der Waals surface area (Å²) < 4.78 is 12.7.